The highest BCUT2D eigenvalue weighted by Gasteiger charge is 2.34. The Balaban J connectivity index is 1.85. The zero-order valence-electron chi connectivity index (χ0n) is 14.1. The summed E-state index contributed by atoms with van der Waals surface area (Å²) in [6.45, 7) is 0. The Morgan fingerprint density at radius 2 is 0.889 bits per heavy atom. The summed E-state index contributed by atoms with van der Waals surface area (Å²) in [6, 6.07) is 23.6. The highest BCUT2D eigenvalue weighted by atomic mass is 32.2. The summed E-state index contributed by atoms with van der Waals surface area (Å²) in [6.07, 6.45) is 0. The number of benzene rings is 4. The number of hydrogen-bond donors (Lipinski definition) is 0. The van der Waals surface area contributed by atoms with Gasteiger partial charge in [-0.15, -0.1) is 0 Å². The van der Waals surface area contributed by atoms with Gasteiger partial charge in [0, 0.05) is 11.1 Å². The standard InChI is InChI=1S/C22H14O4S/c23-21(19-13-5-9-15-7-1-3-11-17(15)19)27(25,26)22(24)20-14-6-10-16-8-2-4-12-18(16)20/h1-14H. The van der Waals surface area contributed by atoms with Gasteiger partial charge in [-0.05, 0) is 33.7 Å². The zero-order chi connectivity index (χ0) is 19.0. The van der Waals surface area contributed by atoms with E-state index in [2.05, 4.69) is 0 Å². The number of carbonyl (C=O) groups is 2. The van der Waals surface area contributed by atoms with Crippen LogP contribution in [0.2, 0.25) is 0 Å². The van der Waals surface area contributed by atoms with E-state index in [0.717, 1.165) is 10.8 Å². The lowest BCUT2D eigenvalue weighted by atomic mass is 10.1. The summed E-state index contributed by atoms with van der Waals surface area (Å²) >= 11 is 0. The highest BCUT2D eigenvalue weighted by Crippen LogP contribution is 2.25. The van der Waals surface area contributed by atoms with Crippen LogP contribution < -0.4 is 0 Å². The van der Waals surface area contributed by atoms with Gasteiger partial charge in [0.15, 0.2) is 0 Å². The van der Waals surface area contributed by atoms with Crippen molar-refractivity contribution in [2.45, 2.75) is 0 Å². The molecule has 0 bridgehead atoms. The molecule has 0 aliphatic carbocycles. The maximum absolute atomic E-state index is 12.8. The lowest BCUT2D eigenvalue weighted by Gasteiger charge is -2.08. The van der Waals surface area contributed by atoms with E-state index >= 15 is 0 Å². The summed E-state index contributed by atoms with van der Waals surface area (Å²) in [4.78, 5) is 25.6. The summed E-state index contributed by atoms with van der Waals surface area (Å²) in [5, 5.41) is 0.0976. The van der Waals surface area contributed by atoms with Crippen molar-refractivity contribution in [3.8, 4) is 0 Å². The fraction of sp³-hybridized carbons (Fsp3) is 0. The van der Waals surface area contributed by atoms with Crippen molar-refractivity contribution in [3.05, 3.63) is 96.1 Å². The van der Waals surface area contributed by atoms with Crippen molar-refractivity contribution in [1.29, 1.82) is 0 Å². The third-order valence-electron chi connectivity index (χ3n) is 4.51. The average Bonchev–Trinajstić information content (AvgIpc) is 2.71. The van der Waals surface area contributed by atoms with Crippen LogP contribution in [-0.2, 0) is 9.84 Å². The SMILES string of the molecule is O=C(c1cccc2ccccc12)S(=O)(=O)C(=O)c1cccc2ccccc12. The lowest BCUT2D eigenvalue weighted by Crippen LogP contribution is -2.24. The van der Waals surface area contributed by atoms with Crippen molar-refractivity contribution in [1.82, 2.24) is 0 Å². The Kier molecular flexibility index (Phi) is 4.09. The second-order valence-corrected chi connectivity index (χ2v) is 7.88. The fourth-order valence-electron chi connectivity index (χ4n) is 3.18. The van der Waals surface area contributed by atoms with E-state index in [4.69, 9.17) is 0 Å². The van der Waals surface area contributed by atoms with Crippen molar-refractivity contribution in [2.24, 2.45) is 0 Å². The Hall–Kier alpha value is -3.31. The molecule has 132 valence electrons. The van der Waals surface area contributed by atoms with Gasteiger partial charge in [0.25, 0.3) is 20.1 Å². The topological polar surface area (TPSA) is 68.3 Å². The summed E-state index contributed by atoms with van der Waals surface area (Å²) in [7, 11) is -4.71. The molecule has 0 radical (unpaired) electrons. The van der Waals surface area contributed by atoms with Gasteiger partial charge in [0.2, 0.25) is 0 Å². The molecule has 0 unspecified atom stereocenters. The maximum Gasteiger partial charge on any atom is 0.285 e. The second-order valence-electron chi connectivity index (χ2n) is 6.13. The van der Waals surface area contributed by atoms with E-state index in [1.165, 1.54) is 12.1 Å². The van der Waals surface area contributed by atoms with E-state index in [9.17, 15) is 18.0 Å². The van der Waals surface area contributed by atoms with Crippen LogP contribution in [0.15, 0.2) is 84.9 Å². The van der Waals surface area contributed by atoms with Crippen LogP contribution in [0, 0.1) is 0 Å². The van der Waals surface area contributed by atoms with Crippen molar-refractivity contribution in [2.75, 3.05) is 0 Å². The van der Waals surface area contributed by atoms with E-state index in [1.807, 2.05) is 0 Å². The summed E-state index contributed by atoms with van der Waals surface area (Å²) in [5.41, 5.74) is 0.00312. The van der Waals surface area contributed by atoms with Gasteiger partial charge in [-0.2, -0.15) is 0 Å². The van der Waals surface area contributed by atoms with Crippen LogP contribution in [-0.4, -0.2) is 18.6 Å². The summed E-state index contributed by atoms with van der Waals surface area (Å²) < 4.78 is 25.6. The normalized spacial score (nSPS) is 11.6. The molecule has 0 atom stereocenters. The van der Waals surface area contributed by atoms with Crippen molar-refractivity contribution < 1.29 is 18.0 Å². The number of carbonyl (C=O) groups excluding carboxylic acids is 2. The zero-order valence-corrected chi connectivity index (χ0v) is 14.9. The molecule has 0 amide bonds. The molecule has 4 nitrogen and oxygen atoms in total. The molecule has 0 saturated heterocycles. The number of fused-ring (bicyclic) bond motifs is 2. The molecular formula is C22H14O4S. The first-order valence-corrected chi connectivity index (χ1v) is 9.78. The molecule has 4 aromatic carbocycles. The van der Waals surface area contributed by atoms with Gasteiger partial charge in [-0.25, -0.2) is 8.42 Å². The molecule has 0 aliphatic rings. The third-order valence-corrected chi connectivity index (χ3v) is 5.92. The van der Waals surface area contributed by atoms with Gasteiger partial charge < -0.3 is 0 Å². The van der Waals surface area contributed by atoms with Crippen LogP contribution in [0.1, 0.15) is 20.7 Å². The minimum Gasteiger partial charge on any atom is -0.275 e. The second kappa shape index (κ2) is 6.45. The molecular weight excluding hydrogens is 360 g/mol. The van der Waals surface area contributed by atoms with Gasteiger partial charge in [0.1, 0.15) is 0 Å². The molecule has 4 aromatic rings. The van der Waals surface area contributed by atoms with Crippen molar-refractivity contribution >= 4 is 41.6 Å². The molecule has 0 aliphatic heterocycles. The van der Waals surface area contributed by atoms with Crippen LogP contribution in [0.25, 0.3) is 21.5 Å². The predicted octanol–water partition coefficient (Wildman–Crippen LogP) is 4.39. The molecule has 0 saturated carbocycles. The number of hydrogen-bond acceptors (Lipinski definition) is 4. The Morgan fingerprint density at radius 1 is 0.519 bits per heavy atom. The van der Waals surface area contributed by atoms with E-state index in [-0.39, 0.29) is 11.1 Å². The number of sulfone groups is 1. The smallest absolute Gasteiger partial charge is 0.275 e. The van der Waals surface area contributed by atoms with Crippen LogP contribution in [0.3, 0.4) is 0 Å². The highest BCUT2D eigenvalue weighted by molar-refractivity contribution is 8.19. The largest absolute Gasteiger partial charge is 0.285 e. The van der Waals surface area contributed by atoms with Crippen LogP contribution in [0.5, 0.6) is 0 Å². The molecule has 5 heteroatoms. The lowest BCUT2D eigenvalue weighted by molar-refractivity contribution is 0.104. The Morgan fingerprint density at radius 3 is 1.33 bits per heavy atom. The van der Waals surface area contributed by atoms with Gasteiger partial charge in [-0.1, -0.05) is 72.8 Å². The molecule has 4 rings (SSSR count). The first-order valence-electron chi connectivity index (χ1n) is 8.29. The van der Waals surface area contributed by atoms with Crippen LogP contribution >= 0.6 is 0 Å². The molecule has 0 heterocycles. The molecule has 27 heavy (non-hydrogen) atoms. The van der Waals surface area contributed by atoms with Gasteiger partial charge in [0.05, 0.1) is 0 Å². The maximum atomic E-state index is 12.8. The van der Waals surface area contributed by atoms with Gasteiger partial charge >= 0.3 is 0 Å². The minimum atomic E-state index is -4.71. The molecule has 0 aromatic heterocycles. The first kappa shape index (κ1) is 17.1. The first-order chi connectivity index (χ1) is 13.0. The number of rotatable bonds is 2. The predicted molar refractivity (Wildman–Crippen MR) is 105 cm³/mol. The van der Waals surface area contributed by atoms with E-state index in [1.54, 1.807) is 72.8 Å². The average molecular weight is 374 g/mol. The van der Waals surface area contributed by atoms with Crippen LogP contribution in [0.4, 0.5) is 0 Å². The van der Waals surface area contributed by atoms with Gasteiger partial charge in [-0.3, -0.25) is 9.59 Å². The van der Waals surface area contributed by atoms with Crippen molar-refractivity contribution in [3.63, 3.8) is 0 Å². The quantitative estimate of drug-likeness (QED) is 0.522. The monoisotopic (exact) mass is 374 g/mol. The van der Waals surface area contributed by atoms with E-state index < -0.39 is 20.1 Å². The Labute approximate surface area is 156 Å². The van der Waals surface area contributed by atoms with E-state index in [0.29, 0.717) is 10.8 Å². The molecule has 0 fully saturated rings. The minimum absolute atomic E-state index is 0.00156. The Bertz CT molecular complexity index is 1210. The third kappa shape index (κ3) is 2.82. The fourth-order valence-corrected chi connectivity index (χ4v) is 4.28. The molecule has 0 N–H and O–H groups in total. The summed E-state index contributed by atoms with van der Waals surface area (Å²) in [5.74, 6) is 0. The molecule has 0 spiro atoms.